The first kappa shape index (κ1) is 34.3. The molecule has 0 saturated heterocycles. The van der Waals surface area contributed by atoms with Gasteiger partial charge in [0.2, 0.25) is 11.8 Å². The second kappa shape index (κ2) is 20.5. The van der Waals surface area contributed by atoms with E-state index in [1.807, 2.05) is 60.7 Å². The number of benzene rings is 4. The molecule has 4 aromatic rings. The Labute approximate surface area is 274 Å². The molecule has 2 N–H and O–H groups in total. The van der Waals surface area contributed by atoms with Crippen molar-refractivity contribution in [3.8, 4) is 11.5 Å². The third-order valence-corrected chi connectivity index (χ3v) is 7.78. The lowest BCUT2D eigenvalue weighted by Crippen LogP contribution is -2.11. The number of ether oxygens (including phenoxy) is 2. The fourth-order valence-corrected chi connectivity index (χ4v) is 5.22. The van der Waals surface area contributed by atoms with Crippen molar-refractivity contribution in [3.05, 3.63) is 120 Å². The van der Waals surface area contributed by atoms with E-state index in [2.05, 4.69) is 59.2 Å². The van der Waals surface area contributed by atoms with Gasteiger partial charge in [-0.3, -0.25) is 9.59 Å². The first-order valence-corrected chi connectivity index (χ1v) is 16.8. The van der Waals surface area contributed by atoms with Gasteiger partial charge < -0.3 is 20.1 Å². The zero-order valence-corrected chi connectivity index (χ0v) is 26.9. The maximum absolute atomic E-state index is 12.3. The maximum atomic E-state index is 12.3. The first-order chi connectivity index (χ1) is 22.6. The molecule has 4 aromatic carbocycles. The summed E-state index contributed by atoms with van der Waals surface area (Å²) in [5.74, 6) is 1.70. The first-order valence-electron chi connectivity index (χ1n) is 16.8. The molecular formula is C40H48N2O4. The van der Waals surface area contributed by atoms with Gasteiger partial charge in [-0.25, -0.2) is 0 Å². The van der Waals surface area contributed by atoms with Gasteiger partial charge in [0.25, 0.3) is 0 Å². The monoisotopic (exact) mass is 620 g/mol. The van der Waals surface area contributed by atoms with Gasteiger partial charge in [-0.15, -0.1) is 0 Å². The van der Waals surface area contributed by atoms with Gasteiger partial charge in [-0.05, 0) is 98.2 Å². The highest BCUT2D eigenvalue weighted by atomic mass is 16.5. The normalized spacial score (nSPS) is 10.7. The highest BCUT2D eigenvalue weighted by Gasteiger charge is 2.05. The lowest BCUT2D eigenvalue weighted by molar-refractivity contribution is -0.117. The van der Waals surface area contributed by atoms with Crippen LogP contribution in [0.2, 0.25) is 0 Å². The molecule has 0 bridgehead atoms. The Bertz CT molecular complexity index is 1300. The molecule has 0 unspecified atom stereocenters. The van der Waals surface area contributed by atoms with Crippen molar-refractivity contribution in [2.45, 2.75) is 77.0 Å². The Morgan fingerprint density at radius 2 is 0.804 bits per heavy atom. The van der Waals surface area contributed by atoms with Crippen molar-refractivity contribution in [3.63, 3.8) is 0 Å². The van der Waals surface area contributed by atoms with Crippen LogP contribution in [-0.4, -0.2) is 25.0 Å². The molecule has 0 aromatic heterocycles. The molecule has 0 fully saturated rings. The van der Waals surface area contributed by atoms with E-state index in [0.29, 0.717) is 26.1 Å². The molecule has 46 heavy (non-hydrogen) atoms. The predicted octanol–water partition coefficient (Wildman–Crippen LogP) is 9.41. The Balaban J connectivity index is 0.961. The van der Waals surface area contributed by atoms with Gasteiger partial charge in [0.05, 0.1) is 13.2 Å². The van der Waals surface area contributed by atoms with Gasteiger partial charge in [-0.2, -0.15) is 0 Å². The molecule has 0 aliphatic rings. The lowest BCUT2D eigenvalue weighted by atomic mass is 10.1. The molecule has 242 valence electrons. The summed E-state index contributed by atoms with van der Waals surface area (Å²) in [6.07, 6.45) is 10.8. The van der Waals surface area contributed by atoms with E-state index in [4.69, 9.17) is 9.47 Å². The zero-order valence-electron chi connectivity index (χ0n) is 26.9. The predicted molar refractivity (Wildman–Crippen MR) is 188 cm³/mol. The number of anilines is 2. The molecule has 0 saturated carbocycles. The smallest absolute Gasteiger partial charge is 0.224 e. The van der Waals surface area contributed by atoms with E-state index < -0.39 is 0 Å². The minimum atomic E-state index is 0.0378. The molecule has 2 amide bonds. The lowest BCUT2D eigenvalue weighted by Gasteiger charge is -2.09. The van der Waals surface area contributed by atoms with Crippen molar-refractivity contribution in [1.82, 2.24) is 0 Å². The van der Waals surface area contributed by atoms with Crippen LogP contribution in [0.15, 0.2) is 109 Å². The Morgan fingerprint density at radius 1 is 0.435 bits per heavy atom. The van der Waals surface area contributed by atoms with Crippen LogP contribution in [0.3, 0.4) is 0 Å². The summed E-state index contributed by atoms with van der Waals surface area (Å²) in [5, 5.41) is 5.95. The number of rotatable bonds is 21. The zero-order chi connectivity index (χ0) is 32.1. The molecule has 6 nitrogen and oxygen atoms in total. The highest BCUT2D eigenvalue weighted by molar-refractivity contribution is 5.91. The number of unbranched alkanes of at least 4 members (excludes halogenated alkanes) is 5. The minimum absolute atomic E-state index is 0.0378. The van der Waals surface area contributed by atoms with Crippen LogP contribution >= 0.6 is 0 Å². The minimum Gasteiger partial charge on any atom is -0.494 e. The van der Waals surface area contributed by atoms with Crippen molar-refractivity contribution in [1.29, 1.82) is 0 Å². The van der Waals surface area contributed by atoms with Crippen LogP contribution in [0, 0.1) is 0 Å². The van der Waals surface area contributed by atoms with Gasteiger partial charge in [-0.1, -0.05) is 86.3 Å². The molecule has 0 heterocycles. The van der Waals surface area contributed by atoms with E-state index in [1.165, 1.54) is 11.1 Å². The van der Waals surface area contributed by atoms with Crippen molar-refractivity contribution in [2.75, 3.05) is 23.8 Å². The molecule has 0 atom stereocenters. The van der Waals surface area contributed by atoms with Crippen LogP contribution in [0.5, 0.6) is 11.5 Å². The quantitative estimate of drug-likeness (QED) is 0.0910. The van der Waals surface area contributed by atoms with Gasteiger partial charge in [0.15, 0.2) is 0 Å². The number of hydrogen-bond donors (Lipinski definition) is 2. The van der Waals surface area contributed by atoms with Crippen LogP contribution in [0.4, 0.5) is 11.4 Å². The number of carbonyl (C=O) groups excluding carboxylic acids is 2. The van der Waals surface area contributed by atoms with E-state index in [1.54, 1.807) is 0 Å². The highest BCUT2D eigenvalue weighted by Crippen LogP contribution is 2.19. The largest absolute Gasteiger partial charge is 0.494 e. The summed E-state index contributed by atoms with van der Waals surface area (Å²) in [4.78, 5) is 24.7. The average molecular weight is 621 g/mol. The number of aryl methyl sites for hydroxylation is 2. The summed E-state index contributed by atoms with van der Waals surface area (Å²) < 4.78 is 11.7. The molecular weight excluding hydrogens is 572 g/mol. The Kier molecular flexibility index (Phi) is 15.2. The SMILES string of the molecule is O=C(CCCCCCCCC(=O)Nc1ccc(OCCCc2ccccc2)cc1)Nc1ccc(OCCCc2ccccc2)cc1. The third kappa shape index (κ3) is 14.0. The van der Waals surface area contributed by atoms with Crippen LogP contribution < -0.4 is 20.1 Å². The summed E-state index contributed by atoms with van der Waals surface area (Å²) in [5.41, 5.74) is 4.22. The molecule has 0 radical (unpaired) electrons. The van der Waals surface area contributed by atoms with Gasteiger partial charge >= 0.3 is 0 Å². The third-order valence-electron chi connectivity index (χ3n) is 7.78. The molecule has 0 aliphatic heterocycles. The van der Waals surface area contributed by atoms with Crippen LogP contribution in [0.25, 0.3) is 0 Å². The topological polar surface area (TPSA) is 76.7 Å². The van der Waals surface area contributed by atoms with Gasteiger partial charge in [0, 0.05) is 24.2 Å². The van der Waals surface area contributed by atoms with E-state index >= 15 is 0 Å². The Hall–Kier alpha value is -4.58. The fraction of sp³-hybridized carbons (Fsp3) is 0.350. The van der Waals surface area contributed by atoms with Gasteiger partial charge in [0.1, 0.15) is 11.5 Å². The van der Waals surface area contributed by atoms with E-state index in [0.717, 1.165) is 87.1 Å². The molecule has 0 spiro atoms. The average Bonchev–Trinajstić information content (AvgIpc) is 3.08. The van der Waals surface area contributed by atoms with Crippen LogP contribution in [0.1, 0.15) is 75.3 Å². The standard InChI is InChI=1S/C40H48N2O4/c43-39(41-35-23-27-37(28-24-35)45-31-13-19-33-15-7-5-8-16-33)21-11-3-1-2-4-12-22-40(44)42-36-25-29-38(30-26-36)46-32-14-20-34-17-9-6-10-18-34/h5-10,15-18,23-30H,1-4,11-14,19-22,31-32H2,(H,41,43)(H,42,44). The fourth-order valence-electron chi connectivity index (χ4n) is 5.22. The van der Waals surface area contributed by atoms with E-state index in [9.17, 15) is 9.59 Å². The number of carbonyl (C=O) groups is 2. The van der Waals surface area contributed by atoms with Crippen molar-refractivity contribution >= 4 is 23.2 Å². The Morgan fingerprint density at radius 3 is 1.20 bits per heavy atom. The number of nitrogens with one attached hydrogen (secondary N) is 2. The van der Waals surface area contributed by atoms with Crippen LogP contribution in [-0.2, 0) is 22.4 Å². The van der Waals surface area contributed by atoms with Crippen molar-refractivity contribution in [2.24, 2.45) is 0 Å². The van der Waals surface area contributed by atoms with E-state index in [-0.39, 0.29) is 11.8 Å². The summed E-state index contributed by atoms with van der Waals surface area (Å²) in [6, 6.07) is 36.0. The summed E-state index contributed by atoms with van der Waals surface area (Å²) >= 11 is 0. The summed E-state index contributed by atoms with van der Waals surface area (Å²) in [6.45, 7) is 1.32. The summed E-state index contributed by atoms with van der Waals surface area (Å²) in [7, 11) is 0. The number of hydrogen-bond acceptors (Lipinski definition) is 4. The second-order valence-corrected chi connectivity index (χ2v) is 11.6. The second-order valence-electron chi connectivity index (χ2n) is 11.6. The maximum Gasteiger partial charge on any atom is 0.224 e. The molecule has 4 rings (SSSR count). The number of amides is 2. The molecule has 0 aliphatic carbocycles. The van der Waals surface area contributed by atoms with Crippen molar-refractivity contribution < 1.29 is 19.1 Å². The molecule has 6 heteroatoms.